The quantitative estimate of drug-likeness (QED) is 0.206. The summed E-state index contributed by atoms with van der Waals surface area (Å²) in [6.07, 6.45) is 3.42. The molecule has 0 saturated carbocycles. The highest BCUT2D eigenvalue weighted by molar-refractivity contribution is 7.89. The van der Waals surface area contributed by atoms with Crippen molar-refractivity contribution in [1.82, 2.24) is 14.3 Å². The first kappa shape index (κ1) is 27.6. The molecule has 2 aromatic heterocycles. The Bertz CT molecular complexity index is 1700. The van der Waals surface area contributed by atoms with Gasteiger partial charge in [0, 0.05) is 31.0 Å². The first-order valence-corrected chi connectivity index (χ1v) is 15.2. The number of hydrogen-bond acceptors (Lipinski definition) is 6. The summed E-state index contributed by atoms with van der Waals surface area (Å²) in [5.41, 5.74) is 5.29. The van der Waals surface area contributed by atoms with Crippen molar-refractivity contribution in [3.05, 3.63) is 119 Å². The molecule has 1 amide bonds. The Labute approximate surface area is 238 Å². The zero-order valence-electron chi connectivity index (χ0n) is 22.6. The third-order valence-electron chi connectivity index (χ3n) is 6.83. The van der Waals surface area contributed by atoms with Crippen molar-refractivity contribution in [1.29, 1.82) is 0 Å². The number of rotatable bonds is 9. The first-order valence-electron chi connectivity index (χ1n) is 13.0. The first-order chi connectivity index (χ1) is 19.3. The summed E-state index contributed by atoms with van der Waals surface area (Å²) < 4.78 is 29.3. The Balaban J connectivity index is 1.45. The summed E-state index contributed by atoms with van der Waals surface area (Å²) in [5, 5.41) is 0.575. The van der Waals surface area contributed by atoms with E-state index in [9.17, 15) is 13.2 Å². The summed E-state index contributed by atoms with van der Waals surface area (Å²) in [5.74, 6) is -0.267. The number of fused-ring (bicyclic) bond motifs is 1. The van der Waals surface area contributed by atoms with Crippen molar-refractivity contribution in [3.8, 4) is 0 Å². The molecule has 0 saturated heterocycles. The average molecular weight is 571 g/mol. The number of carbonyl (C=O) groups excluding carboxylic acids is 1. The smallest absolute Gasteiger partial charge is 0.260 e. The van der Waals surface area contributed by atoms with Crippen molar-refractivity contribution in [2.45, 2.75) is 38.8 Å². The molecule has 40 heavy (non-hydrogen) atoms. The minimum absolute atomic E-state index is 0.145. The lowest BCUT2D eigenvalue weighted by atomic mass is 10.1. The molecule has 0 unspecified atom stereocenters. The normalized spacial score (nSPS) is 11.7. The van der Waals surface area contributed by atoms with Crippen LogP contribution in [-0.4, -0.2) is 35.1 Å². The lowest BCUT2D eigenvalue weighted by Gasteiger charge is -2.22. The van der Waals surface area contributed by atoms with Crippen molar-refractivity contribution in [3.63, 3.8) is 0 Å². The van der Waals surface area contributed by atoms with Crippen LogP contribution in [0.5, 0.6) is 0 Å². The minimum Gasteiger partial charge on any atom is -0.279 e. The third kappa shape index (κ3) is 5.82. The number of pyridine rings is 1. The van der Waals surface area contributed by atoms with Crippen LogP contribution in [0.1, 0.15) is 39.5 Å². The van der Waals surface area contributed by atoms with Crippen LogP contribution < -0.4 is 4.90 Å². The van der Waals surface area contributed by atoms with E-state index < -0.39 is 10.0 Å². The van der Waals surface area contributed by atoms with Crippen molar-refractivity contribution in [2.24, 2.45) is 0 Å². The molecule has 0 radical (unpaired) electrons. The molecule has 3 aromatic carbocycles. The maximum Gasteiger partial charge on any atom is 0.260 e. The maximum atomic E-state index is 13.9. The fraction of sp³-hybridized carbons (Fsp3) is 0.194. The molecule has 5 rings (SSSR count). The standard InChI is InChI=1S/C31H30N4O3S2/c1-4-34(20-24-9-6-5-7-10-24)40(37,38)27-14-12-26(13-15-27)30(36)35(21-25-11-8-16-32-19-25)31-33-28-17-22(2)23(3)18-29(28)39-31/h5-19H,4,20-21H2,1-3H3. The van der Waals surface area contributed by atoms with Crippen LogP contribution in [0.4, 0.5) is 5.13 Å². The molecule has 5 aromatic rings. The summed E-state index contributed by atoms with van der Waals surface area (Å²) in [6.45, 7) is 6.80. The summed E-state index contributed by atoms with van der Waals surface area (Å²) in [6, 6.07) is 23.5. The van der Waals surface area contributed by atoms with Crippen LogP contribution in [0.2, 0.25) is 0 Å². The molecular formula is C31H30N4O3S2. The van der Waals surface area contributed by atoms with E-state index >= 15 is 0 Å². The van der Waals surface area contributed by atoms with Gasteiger partial charge < -0.3 is 0 Å². The van der Waals surface area contributed by atoms with Gasteiger partial charge in [0.15, 0.2) is 5.13 Å². The molecule has 0 N–H and O–H groups in total. The second kappa shape index (κ2) is 11.7. The third-order valence-corrected chi connectivity index (χ3v) is 9.80. The van der Waals surface area contributed by atoms with Gasteiger partial charge in [0.05, 0.1) is 21.7 Å². The van der Waals surface area contributed by atoms with Crippen LogP contribution >= 0.6 is 11.3 Å². The Morgan fingerprint density at radius 3 is 2.25 bits per heavy atom. The number of sulfonamides is 1. The summed E-state index contributed by atoms with van der Waals surface area (Å²) >= 11 is 1.46. The zero-order valence-corrected chi connectivity index (χ0v) is 24.2. The monoisotopic (exact) mass is 570 g/mol. The zero-order chi connectivity index (χ0) is 28.3. The van der Waals surface area contributed by atoms with E-state index in [0.717, 1.165) is 32.5 Å². The van der Waals surface area contributed by atoms with Gasteiger partial charge in [-0.05, 0) is 78.6 Å². The molecule has 0 atom stereocenters. The number of anilines is 1. The van der Waals surface area contributed by atoms with Crippen LogP contribution in [0.3, 0.4) is 0 Å². The largest absolute Gasteiger partial charge is 0.279 e. The topological polar surface area (TPSA) is 83.5 Å². The Hall–Kier alpha value is -3.92. The Morgan fingerprint density at radius 1 is 0.875 bits per heavy atom. The highest BCUT2D eigenvalue weighted by atomic mass is 32.2. The van der Waals surface area contributed by atoms with E-state index in [4.69, 9.17) is 4.98 Å². The molecule has 7 nitrogen and oxygen atoms in total. The van der Waals surface area contributed by atoms with Gasteiger partial charge in [0.25, 0.3) is 5.91 Å². The molecular weight excluding hydrogens is 541 g/mol. The molecule has 9 heteroatoms. The van der Waals surface area contributed by atoms with Gasteiger partial charge in [-0.15, -0.1) is 0 Å². The van der Waals surface area contributed by atoms with Gasteiger partial charge in [-0.2, -0.15) is 4.31 Å². The molecule has 0 bridgehead atoms. The number of aryl methyl sites for hydroxylation is 2. The van der Waals surface area contributed by atoms with Gasteiger partial charge >= 0.3 is 0 Å². The van der Waals surface area contributed by atoms with E-state index in [1.807, 2.05) is 62.4 Å². The van der Waals surface area contributed by atoms with Gasteiger partial charge in [0.1, 0.15) is 0 Å². The molecule has 0 aliphatic rings. The van der Waals surface area contributed by atoms with E-state index in [-0.39, 0.29) is 23.9 Å². The van der Waals surface area contributed by atoms with Crippen LogP contribution in [-0.2, 0) is 23.1 Å². The number of benzene rings is 3. The molecule has 0 fully saturated rings. The minimum atomic E-state index is -3.75. The maximum absolute atomic E-state index is 13.9. The second-order valence-corrected chi connectivity index (χ2v) is 12.5. The Morgan fingerprint density at radius 2 is 1.57 bits per heavy atom. The molecule has 204 valence electrons. The molecule has 0 aliphatic heterocycles. The van der Waals surface area contributed by atoms with Gasteiger partial charge in [-0.3, -0.25) is 14.7 Å². The van der Waals surface area contributed by atoms with E-state index in [2.05, 4.69) is 18.0 Å². The average Bonchev–Trinajstić information content (AvgIpc) is 3.37. The number of amides is 1. The van der Waals surface area contributed by atoms with E-state index in [0.29, 0.717) is 17.2 Å². The van der Waals surface area contributed by atoms with Crippen LogP contribution in [0.15, 0.2) is 96.2 Å². The van der Waals surface area contributed by atoms with Crippen LogP contribution in [0, 0.1) is 13.8 Å². The van der Waals surface area contributed by atoms with Gasteiger partial charge in [-0.1, -0.05) is 54.7 Å². The van der Waals surface area contributed by atoms with Gasteiger partial charge in [-0.25, -0.2) is 13.4 Å². The number of thiazole rings is 1. The fourth-order valence-electron chi connectivity index (χ4n) is 4.41. The summed E-state index contributed by atoms with van der Waals surface area (Å²) in [7, 11) is -3.75. The number of hydrogen-bond donors (Lipinski definition) is 0. The van der Waals surface area contributed by atoms with E-state index in [1.165, 1.54) is 27.8 Å². The van der Waals surface area contributed by atoms with Crippen molar-refractivity contribution in [2.75, 3.05) is 11.4 Å². The predicted octanol–water partition coefficient (Wildman–Crippen LogP) is 6.37. The number of nitrogens with zero attached hydrogens (tertiary/aromatic N) is 4. The van der Waals surface area contributed by atoms with Gasteiger partial charge in [0.2, 0.25) is 10.0 Å². The highest BCUT2D eigenvalue weighted by Gasteiger charge is 2.26. The number of carbonyl (C=O) groups is 1. The summed E-state index contributed by atoms with van der Waals surface area (Å²) in [4.78, 5) is 24.6. The van der Waals surface area contributed by atoms with Crippen molar-refractivity contribution < 1.29 is 13.2 Å². The Kier molecular flexibility index (Phi) is 8.07. The lowest BCUT2D eigenvalue weighted by Crippen LogP contribution is -2.31. The van der Waals surface area contributed by atoms with Crippen LogP contribution in [0.25, 0.3) is 10.2 Å². The second-order valence-electron chi connectivity index (χ2n) is 9.59. The van der Waals surface area contributed by atoms with Crippen molar-refractivity contribution >= 4 is 42.6 Å². The van der Waals surface area contributed by atoms with E-state index in [1.54, 1.807) is 29.4 Å². The predicted molar refractivity (Wildman–Crippen MR) is 160 cm³/mol. The fourth-order valence-corrected chi connectivity index (χ4v) is 6.89. The lowest BCUT2D eigenvalue weighted by molar-refractivity contribution is 0.0985. The SMILES string of the molecule is CCN(Cc1ccccc1)S(=O)(=O)c1ccc(C(=O)N(Cc2cccnc2)c2nc3cc(C)c(C)cc3s2)cc1. The highest BCUT2D eigenvalue weighted by Crippen LogP contribution is 2.32. The molecule has 0 spiro atoms. The molecule has 0 aliphatic carbocycles. The molecule has 2 heterocycles. The number of aromatic nitrogens is 2.